The molecule has 0 fully saturated rings. The van der Waals surface area contributed by atoms with Crippen molar-refractivity contribution in [3.05, 3.63) is 128 Å². The maximum Gasteiger partial charge on any atom is 0.418 e. The molecule has 13 heteroatoms. The maximum atomic E-state index is 13.5. The largest absolute Gasteiger partial charge is 0.418 e. The van der Waals surface area contributed by atoms with Crippen LogP contribution in [0.1, 0.15) is 28.4 Å². The van der Waals surface area contributed by atoms with Crippen LogP contribution in [0.5, 0.6) is 0 Å². The first-order chi connectivity index (χ1) is 21.3. The second-order valence-corrected chi connectivity index (χ2v) is 12.1. The Balaban J connectivity index is 1.52. The molecule has 3 amide bonds. The Kier molecular flexibility index (Phi) is 11.2. The minimum Gasteiger partial charge on any atom is -0.325 e. The summed E-state index contributed by atoms with van der Waals surface area (Å²) in [6.45, 7) is 1.53. The van der Waals surface area contributed by atoms with E-state index in [0.717, 1.165) is 23.9 Å². The second-order valence-electron chi connectivity index (χ2n) is 9.43. The van der Waals surface area contributed by atoms with Gasteiger partial charge >= 0.3 is 6.18 Å². The monoisotopic (exact) mass is 691 g/mol. The SMILES string of the molecule is CC(Sc1cccc(NC(=O)/C(=C\c2c(Cl)cccc2Cl)NC(=O)c2ccccc2)c1)C(=O)Nc1ccc(Cl)cc1C(F)(F)F. The van der Waals surface area contributed by atoms with Crippen LogP contribution in [0.4, 0.5) is 24.5 Å². The zero-order chi connectivity index (χ0) is 32.7. The Morgan fingerprint density at radius 1 is 0.822 bits per heavy atom. The lowest BCUT2D eigenvalue weighted by Crippen LogP contribution is -2.30. The number of hydrogen-bond acceptors (Lipinski definition) is 4. The Morgan fingerprint density at radius 2 is 1.49 bits per heavy atom. The fourth-order valence-corrected chi connectivity index (χ4v) is 5.54. The topological polar surface area (TPSA) is 87.3 Å². The molecular weight excluding hydrogens is 670 g/mol. The van der Waals surface area contributed by atoms with Gasteiger partial charge in [0.05, 0.1) is 16.5 Å². The molecule has 0 spiro atoms. The lowest BCUT2D eigenvalue weighted by Gasteiger charge is -2.17. The summed E-state index contributed by atoms with van der Waals surface area (Å²) in [4.78, 5) is 39.7. The van der Waals surface area contributed by atoms with E-state index in [-0.39, 0.29) is 20.8 Å². The molecule has 4 aromatic rings. The van der Waals surface area contributed by atoms with E-state index in [0.29, 0.717) is 21.7 Å². The van der Waals surface area contributed by atoms with Crippen molar-refractivity contribution >= 4 is 81.7 Å². The molecule has 0 aliphatic carbocycles. The van der Waals surface area contributed by atoms with Crippen LogP contribution in [-0.2, 0) is 15.8 Å². The van der Waals surface area contributed by atoms with Gasteiger partial charge in [-0.1, -0.05) is 65.1 Å². The zero-order valence-electron chi connectivity index (χ0n) is 23.2. The first-order valence-corrected chi connectivity index (χ1v) is 15.1. The molecule has 0 bridgehead atoms. The van der Waals surface area contributed by atoms with E-state index in [1.807, 2.05) is 0 Å². The quantitative estimate of drug-likeness (QED) is 0.121. The third kappa shape index (κ3) is 9.27. The first-order valence-electron chi connectivity index (χ1n) is 13.1. The number of benzene rings is 4. The molecule has 0 heterocycles. The summed E-state index contributed by atoms with van der Waals surface area (Å²) >= 11 is 19.4. The minimum absolute atomic E-state index is 0.116. The Hall–Kier alpha value is -3.96. The molecular formula is C32H23Cl3F3N3O3S. The van der Waals surface area contributed by atoms with Gasteiger partial charge in [-0.05, 0) is 73.7 Å². The Morgan fingerprint density at radius 3 is 2.16 bits per heavy atom. The summed E-state index contributed by atoms with van der Waals surface area (Å²) in [6, 6.07) is 22.6. The summed E-state index contributed by atoms with van der Waals surface area (Å²) < 4.78 is 40.4. The molecule has 0 aliphatic heterocycles. The van der Waals surface area contributed by atoms with E-state index in [4.69, 9.17) is 34.8 Å². The van der Waals surface area contributed by atoms with Crippen LogP contribution in [0.3, 0.4) is 0 Å². The predicted octanol–water partition coefficient (Wildman–Crippen LogP) is 9.19. The van der Waals surface area contributed by atoms with Crippen molar-refractivity contribution in [1.82, 2.24) is 5.32 Å². The minimum atomic E-state index is -4.72. The molecule has 4 rings (SSSR count). The zero-order valence-corrected chi connectivity index (χ0v) is 26.3. The molecule has 4 aromatic carbocycles. The van der Waals surface area contributed by atoms with Gasteiger partial charge in [-0.25, -0.2) is 0 Å². The normalized spacial score (nSPS) is 12.3. The average molecular weight is 693 g/mol. The van der Waals surface area contributed by atoms with Crippen molar-refractivity contribution in [3.8, 4) is 0 Å². The molecule has 232 valence electrons. The van der Waals surface area contributed by atoms with Gasteiger partial charge in [0.25, 0.3) is 11.8 Å². The Bertz CT molecular complexity index is 1750. The molecule has 3 N–H and O–H groups in total. The molecule has 0 aromatic heterocycles. The molecule has 6 nitrogen and oxygen atoms in total. The van der Waals surface area contributed by atoms with Gasteiger partial charge in [-0.3, -0.25) is 14.4 Å². The van der Waals surface area contributed by atoms with Crippen LogP contribution < -0.4 is 16.0 Å². The van der Waals surface area contributed by atoms with E-state index >= 15 is 0 Å². The molecule has 0 saturated heterocycles. The molecule has 0 radical (unpaired) electrons. The third-order valence-corrected chi connectivity index (χ3v) is 8.12. The average Bonchev–Trinajstić information content (AvgIpc) is 2.99. The van der Waals surface area contributed by atoms with Crippen LogP contribution >= 0.6 is 46.6 Å². The van der Waals surface area contributed by atoms with Crippen molar-refractivity contribution in [2.24, 2.45) is 0 Å². The number of anilines is 2. The van der Waals surface area contributed by atoms with Crippen molar-refractivity contribution in [1.29, 1.82) is 0 Å². The molecule has 45 heavy (non-hydrogen) atoms. The molecule has 0 saturated carbocycles. The fourth-order valence-electron chi connectivity index (χ4n) is 3.93. The number of amides is 3. The van der Waals surface area contributed by atoms with E-state index in [1.54, 1.807) is 72.8 Å². The summed E-state index contributed by atoms with van der Waals surface area (Å²) in [6.07, 6.45) is -3.36. The fraction of sp³-hybridized carbons (Fsp3) is 0.0938. The van der Waals surface area contributed by atoms with Gasteiger partial charge in [0.2, 0.25) is 5.91 Å². The van der Waals surface area contributed by atoms with Gasteiger partial charge in [-0.2, -0.15) is 13.2 Å². The number of hydrogen-bond donors (Lipinski definition) is 3. The van der Waals surface area contributed by atoms with E-state index < -0.39 is 40.4 Å². The predicted molar refractivity (Wildman–Crippen MR) is 174 cm³/mol. The van der Waals surface area contributed by atoms with Crippen LogP contribution in [0.25, 0.3) is 6.08 Å². The summed E-state index contributed by atoms with van der Waals surface area (Å²) in [5.74, 6) is -1.91. The summed E-state index contributed by atoms with van der Waals surface area (Å²) in [7, 11) is 0. The number of thioether (sulfide) groups is 1. The van der Waals surface area contributed by atoms with Crippen molar-refractivity contribution in [2.75, 3.05) is 10.6 Å². The summed E-state index contributed by atoms with van der Waals surface area (Å²) in [5, 5.41) is 7.20. The van der Waals surface area contributed by atoms with Crippen LogP contribution in [-0.4, -0.2) is 23.0 Å². The smallest absolute Gasteiger partial charge is 0.325 e. The number of rotatable bonds is 9. The lowest BCUT2D eigenvalue weighted by atomic mass is 10.1. The molecule has 1 unspecified atom stereocenters. The first kappa shape index (κ1) is 33.9. The Labute approximate surface area is 275 Å². The standard InChI is InChI=1S/C32H23Cl3F3N3O3S/c1-18(29(42)40-27-14-13-20(33)15-24(27)32(36,37)38)45-22-10-5-9-21(16-22)39-31(44)28(17-23-25(34)11-6-12-26(23)35)41-30(43)19-7-3-2-4-8-19/h2-18H,1H3,(H,39,44)(H,40,42)(H,41,43)/b28-17+. The number of nitrogens with one attached hydrogen (secondary N) is 3. The van der Waals surface area contributed by atoms with Gasteiger partial charge in [0.15, 0.2) is 0 Å². The highest BCUT2D eigenvalue weighted by Gasteiger charge is 2.34. The highest BCUT2D eigenvalue weighted by Crippen LogP contribution is 2.37. The third-order valence-electron chi connectivity index (χ3n) is 6.14. The van der Waals surface area contributed by atoms with Crippen molar-refractivity contribution in [3.63, 3.8) is 0 Å². The highest BCUT2D eigenvalue weighted by atomic mass is 35.5. The number of alkyl halides is 3. The van der Waals surface area contributed by atoms with Crippen molar-refractivity contribution < 1.29 is 27.6 Å². The number of halogens is 6. The van der Waals surface area contributed by atoms with Crippen LogP contribution in [0.2, 0.25) is 15.1 Å². The summed E-state index contributed by atoms with van der Waals surface area (Å²) in [5.41, 5.74) is -0.675. The van der Waals surface area contributed by atoms with Gasteiger partial charge < -0.3 is 16.0 Å². The molecule has 0 aliphatic rings. The highest BCUT2D eigenvalue weighted by molar-refractivity contribution is 8.00. The lowest BCUT2D eigenvalue weighted by molar-refractivity contribution is -0.137. The van der Waals surface area contributed by atoms with Crippen LogP contribution in [0, 0.1) is 0 Å². The second kappa shape index (κ2) is 14.9. The maximum absolute atomic E-state index is 13.5. The van der Waals surface area contributed by atoms with Gasteiger partial charge in [0, 0.05) is 36.8 Å². The van der Waals surface area contributed by atoms with E-state index in [2.05, 4.69) is 16.0 Å². The van der Waals surface area contributed by atoms with E-state index in [1.165, 1.54) is 19.1 Å². The van der Waals surface area contributed by atoms with Crippen LogP contribution in [0.15, 0.2) is 102 Å². The number of carbonyl (C=O) groups excluding carboxylic acids is 3. The van der Waals surface area contributed by atoms with Gasteiger partial charge in [0.1, 0.15) is 5.70 Å². The van der Waals surface area contributed by atoms with Crippen molar-refractivity contribution in [2.45, 2.75) is 23.2 Å². The molecule has 1 atom stereocenters. The van der Waals surface area contributed by atoms with Gasteiger partial charge in [-0.15, -0.1) is 11.8 Å². The van der Waals surface area contributed by atoms with E-state index in [9.17, 15) is 27.6 Å². The number of carbonyl (C=O) groups is 3.